The van der Waals surface area contributed by atoms with E-state index in [9.17, 15) is 26.8 Å². The number of hydroxylamine groups is 2. The first kappa shape index (κ1) is 24.5. The lowest BCUT2D eigenvalue weighted by Gasteiger charge is -2.25. The molecule has 12 heteroatoms. The summed E-state index contributed by atoms with van der Waals surface area (Å²) in [5, 5.41) is 12.6. The molecule has 2 unspecified atom stereocenters. The number of amides is 1. The lowest BCUT2D eigenvalue weighted by Crippen LogP contribution is -2.50. The molecule has 0 radical (unpaired) electrons. The van der Waals surface area contributed by atoms with Crippen molar-refractivity contribution in [2.75, 3.05) is 19.1 Å². The predicted octanol–water partition coefficient (Wildman–Crippen LogP) is 0.0142. The van der Waals surface area contributed by atoms with Crippen LogP contribution in [0.15, 0.2) is 30.3 Å². The summed E-state index contributed by atoms with van der Waals surface area (Å²) in [6, 6.07) is 7.78. The zero-order valence-electron chi connectivity index (χ0n) is 16.0. The van der Waals surface area contributed by atoms with Gasteiger partial charge in [-0.2, -0.15) is 18.2 Å². The van der Waals surface area contributed by atoms with Gasteiger partial charge in [-0.25, -0.2) is 8.42 Å². The molecule has 0 saturated carbocycles. The average molecular weight is 438 g/mol. The van der Waals surface area contributed by atoms with Gasteiger partial charge in [0.1, 0.15) is 6.04 Å². The number of benzene rings is 1. The SMILES string of the molecule is CC(Cc1ccccc1)NC(=O)C(CCCNOS(C)(=O)=O)N(O)S(C)(=O)=O. The Labute approximate surface area is 166 Å². The zero-order chi connectivity index (χ0) is 21.4. The lowest BCUT2D eigenvalue weighted by molar-refractivity contribution is -0.135. The minimum absolute atomic E-state index is 0.0228. The maximum Gasteiger partial charge on any atom is 0.280 e. The van der Waals surface area contributed by atoms with Gasteiger partial charge in [0, 0.05) is 12.6 Å². The van der Waals surface area contributed by atoms with Crippen LogP contribution in [0.25, 0.3) is 0 Å². The number of hydrogen-bond acceptors (Lipinski definition) is 8. The lowest BCUT2D eigenvalue weighted by atomic mass is 10.1. The van der Waals surface area contributed by atoms with E-state index < -0.39 is 32.1 Å². The van der Waals surface area contributed by atoms with Gasteiger partial charge in [-0.15, -0.1) is 0 Å². The van der Waals surface area contributed by atoms with E-state index in [1.165, 1.54) is 0 Å². The summed E-state index contributed by atoms with van der Waals surface area (Å²) in [6.07, 6.45) is 2.31. The van der Waals surface area contributed by atoms with Gasteiger partial charge in [-0.05, 0) is 31.7 Å². The van der Waals surface area contributed by atoms with Crippen molar-refractivity contribution in [1.82, 2.24) is 15.3 Å². The van der Waals surface area contributed by atoms with Crippen LogP contribution in [0.4, 0.5) is 0 Å². The van der Waals surface area contributed by atoms with E-state index >= 15 is 0 Å². The van der Waals surface area contributed by atoms with Crippen LogP contribution in [0.5, 0.6) is 0 Å². The van der Waals surface area contributed by atoms with E-state index in [2.05, 4.69) is 15.1 Å². The molecule has 0 heterocycles. The monoisotopic (exact) mass is 437 g/mol. The number of rotatable bonds is 12. The first-order valence-electron chi connectivity index (χ1n) is 8.54. The highest BCUT2D eigenvalue weighted by molar-refractivity contribution is 7.88. The number of hydrogen-bond donors (Lipinski definition) is 3. The largest absolute Gasteiger partial charge is 0.352 e. The van der Waals surface area contributed by atoms with Crippen LogP contribution in [-0.4, -0.2) is 63.6 Å². The van der Waals surface area contributed by atoms with Gasteiger partial charge in [0.25, 0.3) is 10.1 Å². The van der Waals surface area contributed by atoms with E-state index in [0.717, 1.165) is 18.1 Å². The smallest absolute Gasteiger partial charge is 0.280 e. The van der Waals surface area contributed by atoms with Crippen LogP contribution in [0.2, 0.25) is 0 Å². The number of carbonyl (C=O) groups is 1. The molecule has 2 atom stereocenters. The van der Waals surface area contributed by atoms with Crippen LogP contribution in [0.3, 0.4) is 0 Å². The maximum absolute atomic E-state index is 12.5. The summed E-state index contributed by atoms with van der Waals surface area (Å²) >= 11 is 0. The van der Waals surface area contributed by atoms with E-state index in [1.54, 1.807) is 6.92 Å². The summed E-state index contributed by atoms with van der Waals surface area (Å²) in [5.74, 6) is -0.652. The first-order chi connectivity index (χ1) is 12.9. The van der Waals surface area contributed by atoms with Crippen LogP contribution in [0, 0.1) is 0 Å². The Morgan fingerprint density at radius 2 is 1.79 bits per heavy atom. The predicted molar refractivity (Wildman–Crippen MR) is 103 cm³/mol. The van der Waals surface area contributed by atoms with Gasteiger partial charge in [0.05, 0.1) is 12.5 Å². The quantitative estimate of drug-likeness (QED) is 0.307. The highest BCUT2D eigenvalue weighted by Gasteiger charge is 2.31. The fourth-order valence-electron chi connectivity index (χ4n) is 2.45. The van der Waals surface area contributed by atoms with Crippen LogP contribution in [0.1, 0.15) is 25.3 Å². The fraction of sp³-hybridized carbons (Fsp3) is 0.562. The summed E-state index contributed by atoms with van der Waals surface area (Å²) < 4.78 is 49.4. The minimum Gasteiger partial charge on any atom is -0.352 e. The first-order valence-corrected chi connectivity index (χ1v) is 12.2. The van der Waals surface area contributed by atoms with Gasteiger partial charge in [0.2, 0.25) is 15.9 Å². The third-order valence-electron chi connectivity index (χ3n) is 3.65. The molecular formula is C16H27N3O7S2. The van der Waals surface area contributed by atoms with Gasteiger partial charge in [-0.3, -0.25) is 10.0 Å². The summed E-state index contributed by atoms with van der Waals surface area (Å²) in [5.41, 5.74) is 3.20. The molecule has 1 aromatic rings. The van der Waals surface area contributed by atoms with Crippen molar-refractivity contribution in [3.8, 4) is 0 Å². The Balaban J connectivity index is 2.68. The molecule has 0 spiro atoms. The molecule has 0 saturated heterocycles. The molecule has 0 bridgehead atoms. The molecule has 160 valence electrons. The van der Waals surface area contributed by atoms with Crippen molar-refractivity contribution in [2.24, 2.45) is 0 Å². The molecule has 0 fully saturated rings. The number of sulfonamides is 1. The Morgan fingerprint density at radius 1 is 1.18 bits per heavy atom. The summed E-state index contributed by atoms with van der Waals surface area (Å²) in [6.45, 7) is 1.81. The van der Waals surface area contributed by atoms with Crippen LogP contribution in [-0.2, 0) is 35.6 Å². The van der Waals surface area contributed by atoms with Crippen molar-refractivity contribution in [1.29, 1.82) is 0 Å². The molecule has 1 amide bonds. The zero-order valence-corrected chi connectivity index (χ0v) is 17.7. The number of nitrogens with one attached hydrogen (secondary N) is 2. The Kier molecular flexibility index (Phi) is 9.47. The molecule has 0 aromatic heterocycles. The third kappa shape index (κ3) is 9.57. The molecular weight excluding hydrogens is 410 g/mol. The second-order valence-electron chi connectivity index (χ2n) is 6.47. The van der Waals surface area contributed by atoms with Gasteiger partial charge in [-0.1, -0.05) is 34.8 Å². The average Bonchev–Trinajstić information content (AvgIpc) is 2.56. The van der Waals surface area contributed by atoms with E-state index in [0.29, 0.717) is 6.42 Å². The molecule has 0 aliphatic heterocycles. The van der Waals surface area contributed by atoms with Crippen LogP contribution >= 0.6 is 0 Å². The standard InChI is InChI=1S/C16H27N3O7S2/c1-13(12-14-8-5-4-6-9-14)18-16(20)15(19(21)27(2,22)23)10-7-11-17-26-28(3,24)25/h4-6,8-9,13,15,17,21H,7,10-12H2,1-3H3,(H,18,20). The van der Waals surface area contributed by atoms with Gasteiger partial charge in [0.15, 0.2) is 0 Å². The second kappa shape index (κ2) is 10.8. The molecule has 1 aromatic carbocycles. The number of carbonyl (C=O) groups excluding carboxylic acids is 1. The molecule has 28 heavy (non-hydrogen) atoms. The van der Waals surface area contributed by atoms with Gasteiger partial charge < -0.3 is 5.32 Å². The van der Waals surface area contributed by atoms with Crippen molar-refractivity contribution in [3.05, 3.63) is 35.9 Å². The van der Waals surface area contributed by atoms with Crippen LogP contribution < -0.4 is 10.8 Å². The molecule has 0 aliphatic carbocycles. The maximum atomic E-state index is 12.5. The summed E-state index contributed by atoms with van der Waals surface area (Å²) in [4.78, 5) is 12.5. The third-order valence-corrected chi connectivity index (χ3v) is 5.00. The Hall–Kier alpha value is -1.57. The Bertz CT molecular complexity index is 829. The van der Waals surface area contributed by atoms with Crippen molar-refractivity contribution in [3.63, 3.8) is 0 Å². The van der Waals surface area contributed by atoms with Gasteiger partial charge >= 0.3 is 0 Å². The second-order valence-corrected chi connectivity index (χ2v) is 9.89. The highest BCUT2D eigenvalue weighted by Crippen LogP contribution is 2.11. The normalized spacial score (nSPS) is 14.6. The molecule has 0 aliphatic rings. The molecule has 10 nitrogen and oxygen atoms in total. The van der Waals surface area contributed by atoms with E-state index in [4.69, 9.17) is 0 Å². The number of nitrogens with zero attached hydrogens (tertiary/aromatic N) is 1. The molecule has 1 rings (SSSR count). The highest BCUT2D eigenvalue weighted by atomic mass is 32.2. The Morgan fingerprint density at radius 3 is 2.32 bits per heavy atom. The van der Waals surface area contributed by atoms with E-state index in [-0.39, 0.29) is 29.9 Å². The minimum atomic E-state index is -4.03. The van der Waals surface area contributed by atoms with Crippen molar-refractivity contribution >= 4 is 26.0 Å². The van der Waals surface area contributed by atoms with Crippen molar-refractivity contribution < 1.29 is 31.1 Å². The van der Waals surface area contributed by atoms with Crippen molar-refractivity contribution in [2.45, 2.75) is 38.3 Å². The topological polar surface area (TPSA) is 142 Å². The summed E-state index contributed by atoms with van der Waals surface area (Å²) in [7, 11) is -7.70. The fourth-order valence-corrected chi connectivity index (χ4v) is 3.41. The van der Waals surface area contributed by atoms with E-state index in [1.807, 2.05) is 30.3 Å². The molecule has 3 N–H and O–H groups in total.